The van der Waals surface area contributed by atoms with Gasteiger partial charge in [0.25, 0.3) is 0 Å². The van der Waals surface area contributed by atoms with E-state index >= 15 is 0 Å². The monoisotopic (exact) mass is 368 g/mol. The number of rotatable bonds is 6. The predicted octanol–water partition coefficient (Wildman–Crippen LogP) is 3.10. The molecule has 1 fully saturated rings. The maximum Gasteiger partial charge on any atom is 0.317 e. The van der Waals surface area contributed by atoms with Gasteiger partial charge in [0.15, 0.2) is 0 Å². The molecule has 6 heteroatoms. The summed E-state index contributed by atoms with van der Waals surface area (Å²) in [5, 5.41) is 12.2. The molecule has 27 heavy (non-hydrogen) atoms. The Balaban J connectivity index is 1.74. The van der Waals surface area contributed by atoms with Gasteiger partial charge in [-0.2, -0.15) is 0 Å². The number of nitrogens with zero attached hydrogens (tertiary/aromatic N) is 1. The van der Waals surface area contributed by atoms with E-state index in [1.54, 1.807) is 12.0 Å². The normalized spacial score (nSPS) is 17.4. The highest BCUT2D eigenvalue weighted by Crippen LogP contribution is 2.23. The molecule has 142 valence electrons. The molecule has 1 saturated heterocycles. The van der Waals surface area contributed by atoms with Gasteiger partial charge in [0.1, 0.15) is 5.75 Å². The number of nitrogens with one attached hydrogen (secondary N) is 1. The number of hydrogen-bond acceptors (Lipinski definition) is 3. The molecule has 1 aliphatic rings. The molecule has 0 radical (unpaired) electrons. The second-order valence-electron chi connectivity index (χ2n) is 6.73. The highest BCUT2D eigenvalue weighted by atomic mass is 16.5. The summed E-state index contributed by atoms with van der Waals surface area (Å²) in [5.74, 6) is -0.571. The van der Waals surface area contributed by atoms with Crippen LogP contribution in [0, 0.1) is 5.92 Å². The van der Waals surface area contributed by atoms with Crippen LogP contribution in [0.2, 0.25) is 0 Å². The third-order valence-electron chi connectivity index (χ3n) is 4.92. The molecule has 2 unspecified atom stereocenters. The summed E-state index contributed by atoms with van der Waals surface area (Å²) < 4.78 is 5.21. The molecular weight excluding hydrogens is 344 g/mol. The largest absolute Gasteiger partial charge is 0.497 e. The minimum atomic E-state index is -0.846. The first kappa shape index (κ1) is 18.8. The molecule has 6 nitrogen and oxygen atoms in total. The minimum Gasteiger partial charge on any atom is -0.497 e. The van der Waals surface area contributed by atoms with Crippen molar-refractivity contribution in [1.29, 1.82) is 0 Å². The fourth-order valence-electron chi connectivity index (χ4n) is 3.32. The van der Waals surface area contributed by atoms with E-state index in [4.69, 9.17) is 9.84 Å². The van der Waals surface area contributed by atoms with Crippen LogP contribution < -0.4 is 10.1 Å². The first-order valence-electron chi connectivity index (χ1n) is 9.03. The van der Waals surface area contributed by atoms with Crippen LogP contribution in [0.15, 0.2) is 54.6 Å². The SMILES string of the molecule is COc1ccc(C(Cc2ccccc2)NC(=O)N2CCC(C(=O)O)C2)cc1. The Hall–Kier alpha value is -3.02. The molecule has 0 aromatic heterocycles. The van der Waals surface area contributed by atoms with Crippen LogP contribution in [0.4, 0.5) is 4.79 Å². The molecule has 0 saturated carbocycles. The molecule has 2 aromatic carbocycles. The Morgan fingerprint density at radius 3 is 2.48 bits per heavy atom. The van der Waals surface area contributed by atoms with Gasteiger partial charge in [-0.3, -0.25) is 4.79 Å². The van der Waals surface area contributed by atoms with Crippen molar-refractivity contribution >= 4 is 12.0 Å². The lowest BCUT2D eigenvalue weighted by Gasteiger charge is -2.24. The van der Waals surface area contributed by atoms with E-state index in [2.05, 4.69) is 5.32 Å². The lowest BCUT2D eigenvalue weighted by molar-refractivity contribution is -0.141. The number of ether oxygens (including phenoxy) is 1. The third kappa shape index (κ3) is 4.78. The van der Waals surface area contributed by atoms with Gasteiger partial charge in [-0.05, 0) is 36.1 Å². The van der Waals surface area contributed by atoms with E-state index in [-0.39, 0.29) is 18.6 Å². The molecule has 1 aliphatic heterocycles. The molecule has 2 amide bonds. The van der Waals surface area contributed by atoms with Crippen LogP contribution in [0.3, 0.4) is 0 Å². The first-order valence-corrected chi connectivity index (χ1v) is 9.03. The van der Waals surface area contributed by atoms with E-state index < -0.39 is 11.9 Å². The zero-order valence-corrected chi connectivity index (χ0v) is 15.3. The molecule has 2 atom stereocenters. The lowest BCUT2D eigenvalue weighted by atomic mass is 9.99. The van der Waals surface area contributed by atoms with Crippen LogP contribution in [-0.2, 0) is 11.2 Å². The molecule has 3 rings (SSSR count). The summed E-state index contributed by atoms with van der Waals surface area (Å²) in [4.78, 5) is 25.4. The van der Waals surface area contributed by atoms with Crippen molar-refractivity contribution in [2.75, 3.05) is 20.2 Å². The summed E-state index contributed by atoms with van der Waals surface area (Å²) in [5.41, 5.74) is 2.09. The molecular formula is C21H24N2O4. The smallest absolute Gasteiger partial charge is 0.317 e. The number of carboxylic acid groups (broad SMARTS) is 1. The van der Waals surface area contributed by atoms with Gasteiger partial charge in [0.05, 0.1) is 19.1 Å². The zero-order chi connectivity index (χ0) is 19.2. The van der Waals surface area contributed by atoms with E-state index in [0.29, 0.717) is 19.4 Å². The Labute approximate surface area is 158 Å². The van der Waals surface area contributed by atoms with Crippen molar-refractivity contribution in [2.45, 2.75) is 18.9 Å². The Kier molecular flexibility index (Phi) is 5.96. The van der Waals surface area contributed by atoms with Crippen molar-refractivity contribution in [1.82, 2.24) is 10.2 Å². The second kappa shape index (κ2) is 8.58. The molecule has 0 spiro atoms. The van der Waals surface area contributed by atoms with Crippen LogP contribution in [0.25, 0.3) is 0 Å². The van der Waals surface area contributed by atoms with Gasteiger partial charge in [0, 0.05) is 13.1 Å². The quantitative estimate of drug-likeness (QED) is 0.821. The number of carbonyl (C=O) groups is 2. The molecule has 0 aliphatic carbocycles. The van der Waals surface area contributed by atoms with Crippen molar-refractivity contribution < 1.29 is 19.4 Å². The number of methoxy groups -OCH3 is 1. The first-order chi connectivity index (χ1) is 13.1. The molecule has 1 heterocycles. The zero-order valence-electron chi connectivity index (χ0n) is 15.3. The topological polar surface area (TPSA) is 78.9 Å². The maximum absolute atomic E-state index is 12.7. The van der Waals surface area contributed by atoms with E-state index in [1.165, 1.54) is 0 Å². The van der Waals surface area contributed by atoms with Gasteiger partial charge >= 0.3 is 12.0 Å². The lowest BCUT2D eigenvalue weighted by Crippen LogP contribution is -2.41. The summed E-state index contributed by atoms with van der Waals surface area (Å²) in [7, 11) is 1.62. The number of amides is 2. The average molecular weight is 368 g/mol. The van der Waals surface area contributed by atoms with E-state index in [9.17, 15) is 9.59 Å². The summed E-state index contributed by atoms with van der Waals surface area (Å²) in [6.07, 6.45) is 1.14. The van der Waals surface area contributed by atoms with E-state index in [0.717, 1.165) is 16.9 Å². The summed E-state index contributed by atoms with van der Waals surface area (Å²) >= 11 is 0. The summed E-state index contributed by atoms with van der Waals surface area (Å²) in [6, 6.07) is 17.1. The summed E-state index contributed by atoms with van der Waals surface area (Å²) in [6.45, 7) is 0.714. The van der Waals surface area contributed by atoms with Crippen LogP contribution in [0.5, 0.6) is 5.75 Å². The minimum absolute atomic E-state index is 0.213. The number of hydrogen-bond donors (Lipinski definition) is 2. The molecule has 0 bridgehead atoms. The number of benzene rings is 2. The van der Waals surface area contributed by atoms with Crippen molar-refractivity contribution in [2.24, 2.45) is 5.92 Å². The van der Waals surface area contributed by atoms with Gasteiger partial charge in [0.2, 0.25) is 0 Å². The Morgan fingerprint density at radius 1 is 1.19 bits per heavy atom. The number of carboxylic acids is 1. The average Bonchev–Trinajstić information content (AvgIpc) is 3.19. The third-order valence-corrected chi connectivity index (χ3v) is 4.92. The van der Waals surface area contributed by atoms with Gasteiger partial charge < -0.3 is 20.1 Å². The number of aliphatic carboxylic acids is 1. The van der Waals surface area contributed by atoms with Gasteiger partial charge in [-0.25, -0.2) is 4.79 Å². The standard InChI is InChI=1S/C21H24N2O4/c1-27-18-9-7-16(8-10-18)19(13-15-5-3-2-4-6-15)22-21(26)23-12-11-17(14-23)20(24)25/h2-10,17,19H,11-14H2,1H3,(H,22,26)(H,24,25). The van der Waals surface area contributed by atoms with Crippen molar-refractivity contribution in [3.63, 3.8) is 0 Å². The fraction of sp³-hybridized carbons (Fsp3) is 0.333. The highest BCUT2D eigenvalue weighted by Gasteiger charge is 2.31. The highest BCUT2D eigenvalue weighted by molar-refractivity contribution is 5.77. The predicted molar refractivity (Wildman–Crippen MR) is 102 cm³/mol. The van der Waals surface area contributed by atoms with Crippen LogP contribution in [0.1, 0.15) is 23.6 Å². The number of urea groups is 1. The maximum atomic E-state index is 12.7. The van der Waals surface area contributed by atoms with Crippen LogP contribution in [-0.4, -0.2) is 42.2 Å². The molecule has 2 aromatic rings. The Bertz CT molecular complexity index is 777. The van der Waals surface area contributed by atoms with Crippen molar-refractivity contribution in [3.05, 3.63) is 65.7 Å². The van der Waals surface area contributed by atoms with Crippen molar-refractivity contribution in [3.8, 4) is 5.75 Å². The number of carbonyl (C=O) groups excluding carboxylic acids is 1. The van der Waals surface area contributed by atoms with E-state index in [1.807, 2.05) is 54.6 Å². The number of likely N-dealkylation sites (tertiary alicyclic amines) is 1. The fourth-order valence-corrected chi connectivity index (χ4v) is 3.32. The van der Waals surface area contributed by atoms with Gasteiger partial charge in [-0.1, -0.05) is 42.5 Å². The van der Waals surface area contributed by atoms with Crippen LogP contribution >= 0.6 is 0 Å². The second-order valence-corrected chi connectivity index (χ2v) is 6.73. The van der Waals surface area contributed by atoms with Gasteiger partial charge in [-0.15, -0.1) is 0 Å². The Morgan fingerprint density at radius 2 is 1.89 bits per heavy atom. The molecule has 2 N–H and O–H groups in total.